The lowest BCUT2D eigenvalue weighted by Crippen LogP contribution is -1.97. The van der Waals surface area contributed by atoms with E-state index in [1.807, 2.05) is 49.2 Å². The molecule has 11 rings (SSSR count). The van der Waals surface area contributed by atoms with E-state index in [0.29, 0.717) is 11.6 Å². The fourth-order valence-electron chi connectivity index (χ4n) is 7.45. The molecule has 0 fully saturated rings. The Morgan fingerprint density at radius 2 is 1.10 bits per heavy atom. The molecule has 0 aliphatic rings. The van der Waals surface area contributed by atoms with Gasteiger partial charge in [-0.05, 0) is 84.9 Å². The van der Waals surface area contributed by atoms with Gasteiger partial charge >= 0.3 is 0 Å². The number of aromatic nitrogens is 8. The predicted octanol–water partition coefficient (Wildman–Crippen LogP) is 9.95. The molecule has 0 aliphatic carbocycles. The minimum atomic E-state index is 0.629. The smallest absolute Gasteiger partial charge is 0.163 e. The van der Waals surface area contributed by atoms with E-state index >= 15 is 0 Å². The molecule has 9 heteroatoms. The highest BCUT2D eigenvalue weighted by Gasteiger charge is 2.17. The molecule has 0 atom stereocenters. The van der Waals surface area contributed by atoms with Crippen molar-refractivity contribution in [1.82, 2.24) is 39.0 Å². The number of thiophene rings is 1. The highest BCUT2D eigenvalue weighted by molar-refractivity contribution is 7.25. The zero-order chi connectivity index (χ0) is 33.5. The van der Waals surface area contributed by atoms with Gasteiger partial charge in [-0.3, -0.25) is 14.5 Å². The van der Waals surface area contributed by atoms with Gasteiger partial charge in [-0.25, -0.2) is 19.9 Å². The number of rotatable bonds is 4. The van der Waals surface area contributed by atoms with Gasteiger partial charge in [0.05, 0.1) is 22.1 Å². The Bertz CT molecular complexity index is 3110. The zero-order valence-electron chi connectivity index (χ0n) is 26.8. The number of hydrogen-bond donors (Lipinski definition) is 0. The maximum Gasteiger partial charge on any atom is 0.163 e. The van der Waals surface area contributed by atoms with Gasteiger partial charge in [-0.1, -0.05) is 24.3 Å². The van der Waals surface area contributed by atoms with Crippen molar-refractivity contribution in [1.29, 1.82) is 0 Å². The van der Waals surface area contributed by atoms with Crippen LogP contribution in [0.25, 0.3) is 98.1 Å². The van der Waals surface area contributed by atoms with Gasteiger partial charge in [0.2, 0.25) is 0 Å². The van der Waals surface area contributed by atoms with E-state index in [2.05, 4.69) is 125 Å². The van der Waals surface area contributed by atoms with E-state index in [1.165, 1.54) is 20.2 Å². The molecule has 7 aromatic heterocycles. The number of fused-ring (bicyclic) bond motifs is 9. The fourth-order valence-corrected chi connectivity index (χ4v) is 8.52. The molecule has 11 aromatic rings. The first-order valence-corrected chi connectivity index (χ1v) is 17.4. The molecule has 0 unspecified atom stereocenters. The molecule has 0 spiro atoms. The van der Waals surface area contributed by atoms with Gasteiger partial charge in [0.25, 0.3) is 0 Å². The summed E-state index contributed by atoms with van der Waals surface area (Å²) in [7, 11) is 0. The number of benzene rings is 4. The summed E-state index contributed by atoms with van der Waals surface area (Å²) >= 11 is 1.79. The van der Waals surface area contributed by atoms with Gasteiger partial charge in [0, 0.05) is 89.5 Å². The van der Waals surface area contributed by atoms with E-state index < -0.39 is 0 Å². The Balaban J connectivity index is 1.03. The van der Waals surface area contributed by atoms with Crippen LogP contribution in [0.3, 0.4) is 0 Å². The summed E-state index contributed by atoms with van der Waals surface area (Å²) in [6.07, 6.45) is 11.0. The van der Waals surface area contributed by atoms with Crippen molar-refractivity contribution >= 4 is 75.1 Å². The van der Waals surface area contributed by atoms with E-state index in [-0.39, 0.29) is 0 Å². The minimum Gasteiger partial charge on any atom is -0.309 e. The molecule has 0 saturated carbocycles. The monoisotopic (exact) mass is 672 g/mol. The molecule has 51 heavy (non-hydrogen) atoms. The van der Waals surface area contributed by atoms with Crippen LogP contribution in [0.5, 0.6) is 0 Å². The number of para-hydroxylation sites is 1. The predicted molar refractivity (Wildman–Crippen MR) is 206 cm³/mol. The standard InChI is InChI=1S/C42H24N8S/c1-2-6-34-28(5-1)29-19-25(8-11-35(29)50(34)40-7-3-4-16-45-40)41-46-24-47-42(48-41)26-9-12-38-30(20-26)31-21-27(10-13-39(31)51-38)49-36-14-17-43-22-32(36)33-23-44-18-15-37(33)49/h1-24H. The normalized spacial score (nSPS) is 11.9. The number of nitrogens with zero attached hydrogens (tertiary/aromatic N) is 8. The van der Waals surface area contributed by atoms with E-state index in [1.54, 1.807) is 17.7 Å². The maximum absolute atomic E-state index is 5.01. The third kappa shape index (κ3) is 4.25. The summed E-state index contributed by atoms with van der Waals surface area (Å²) in [5.41, 5.74) is 7.35. The summed E-state index contributed by atoms with van der Waals surface area (Å²) in [4.78, 5) is 27.7. The SMILES string of the molecule is c1ccc(-n2c3ccccc3c3cc(-c4ncnc(-c5ccc6sc7ccc(-n8c9ccncc9c9cnccc98)cc7c6c5)n4)ccc32)nc1. The van der Waals surface area contributed by atoms with Gasteiger partial charge in [-0.2, -0.15) is 0 Å². The van der Waals surface area contributed by atoms with Crippen molar-refractivity contribution in [3.05, 3.63) is 147 Å². The summed E-state index contributed by atoms with van der Waals surface area (Å²) in [6.45, 7) is 0. The Morgan fingerprint density at radius 3 is 1.86 bits per heavy atom. The molecule has 238 valence electrons. The quantitative estimate of drug-likeness (QED) is 0.185. The van der Waals surface area contributed by atoms with Crippen LogP contribution < -0.4 is 0 Å². The third-order valence-corrected chi connectivity index (χ3v) is 10.9. The van der Waals surface area contributed by atoms with Gasteiger partial charge < -0.3 is 4.57 Å². The van der Waals surface area contributed by atoms with Crippen LogP contribution in [0, 0.1) is 0 Å². The topological polar surface area (TPSA) is 87.2 Å². The highest BCUT2D eigenvalue weighted by Crippen LogP contribution is 2.39. The van der Waals surface area contributed by atoms with Gasteiger partial charge in [0.1, 0.15) is 12.1 Å². The van der Waals surface area contributed by atoms with Crippen LogP contribution >= 0.6 is 11.3 Å². The van der Waals surface area contributed by atoms with Crippen molar-refractivity contribution in [2.75, 3.05) is 0 Å². The summed E-state index contributed by atoms with van der Waals surface area (Å²) in [6, 6.07) is 38.1. The molecule has 0 amide bonds. The van der Waals surface area contributed by atoms with Crippen LogP contribution in [-0.2, 0) is 0 Å². The maximum atomic E-state index is 5.01. The number of pyridine rings is 3. The van der Waals surface area contributed by atoms with Crippen LogP contribution in [0.1, 0.15) is 0 Å². The molecule has 0 aliphatic heterocycles. The molecule has 8 nitrogen and oxygen atoms in total. The second-order valence-corrected chi connectivity index (χ2v) is 13.6. The second-order valence-electron chi connectivity index (χ2n) is 12.5. The van der Waals surface area contributed by atoms with Crippen LogP contribution in [0.15, 0.2) is 147 Å². The number of hydrogen-bond acceptors (Lipinski definition) is 7. The lowest BCUT2D eigenvalue weighted by Gasteiger charge is -2.08. The van der Waals surface area contributed by atoms with Gasteiger partial charge in [-0.15, -0.1) is 11.3 Å². The van der Waals surface area contributed by atoms with Gasteiger partial charge in [0.15, 0.2) is 11.6 Å². The van der Waals surface area contributed by atoms with Crippen LogP contribution in [-0.4, -0.2) is 39.0 Å². The van der Waals surface area contributed by atoms with Crippen molar-refractivity contribution in [2.45, 2.75) is 0 Å². The first kappa shape index (κ1) is 28.0. The first-order chi connectivity index (χ1) is 25.3. The Kier molecular flexibility index (Phi) is 5.96. The summed E-state index contributed by atoms with van der Waals surface area (Å²) < 4.78 is 6.94. The molecular weight excluding hydrogens is 649 g/mol. The molecule has 4 aromatic carbocycles. The molecule has 0 radical (unpaired) electrons. The molecule has 0 saturated heterocycles. The largest absolute Gasteiger partial charge is 0.309 e. The molecule has 0 N–H and O–H groups in total. The van der Waals surface area contributed by atoms with Crippen molar-refractivity contribution in [2.24, 2.45) is 0 Å². The molecular formula is C42H24N8S. The highest BCUT2D eigenvalue weighted by atomic mass is 32.1. The molecule has 0 bridgehead atoms. The van der Waals surface area contributed by atoms with E-state index in [0.717, 1.165) is 66.2 Å². The third-order valence-electron chi connectivity index (χ3n) is 9.72. The fraction of sp³-hybridized carbons (Fsp3) is 0. The van der Waals surface area contributed by atoms with E-state index in [4.69, 9.17) is 4.98 Å². The zero-order valence-corrected chi connectivity index (χ0v) is 27.7. The van der Waals surface area contributed by atoms with E-state index in [9.17, 15) is 0 Å². The average Bonchev–Trinajstić information content (AvgIpc) is 3.85. The first-order valence-electron chi connectivity index (χ1n) is 16.6. The van der Waals surface area contributed by atoms with Crippen molar-refractivity contribution in [3.63, 3.8) is 0 Å². The van der Waals surface area contributed by atoms with Crippen LogP contribution in [0.2, 0.25) is 0 Å². The van der Waals surface area contributed by atoms with Crippen LogP contribution in [0.4, 0.5) is 0 Å². The lowest BCUT2D eigenvalue weighted by atomic mass is 10.1. The van der Waals surface area contributed by atoms with Crippen molar-refractivity contribution < 1.29 is 0 Å². The Labute approximate surface area is 294 Å². The Hall–Kier alpha value is -6.84. The summed E-state index contributed by atoms with van der Waals surface area (Å²) in [5, 5.41) is 6.80. The molecule has 7 heterocycles. The second kappa shape index (κ2) is 10.8. The lowest BCUT2D eigenvalue weighted by molar-refractivity contribution is 1.06. The Morgan fingerprint density at radius 1 is 0.451 bits per heavy atom. The summed E-state index contributed by atoms with van der Waals surface area (Å²) in [5.74, 6) is 2.15. The average molecular weight is 673 g/mol. The van der Waals surface area contributed by atoms with Crippen molar-refractivity contribution in [3.8, 4) is 34.3 Å². The minimum absolute atomic E-state index is 0.629.